The predicted octanol–water partition coefficient (Wildman–Crippen LogP) is 4.32. The molecule has 1 unspecified atom stereocenters. The highest BCUT2D eigenvalue weighted by Gasteiger charge is 2.56. The number of carboxylic acids is 1. The first-order valence-electron chi connectivity index (χ1n) is 10.9. The first-order chi connectivity index (χ1) is 13.6. The Labute approximate surface area is 172 Å². The molecule has 4 bridgehead atoms. The molecule has 1 amide bonds. The summed E-state index contributed by atoms with van der Waals surface area (Å²) < 4.78 is 15.0. The van der Waals surface area contributed by atoms with E-state index < -0.39 is 17.1 Å². The maximum absolute atomic E-state index is 15.0. The average molecular weight is 402 g/mol. The molecule has 1 aromatic carbocycles. The second-order valence-electron chi connectivity index (χ2n) is 10.3. The molecule has 5 rings (SSSR count). The van der Waals surface area contributed by atoms with Gasteiger partial charge in [-0.05, 0) is 88.2 Å². The van der Waals surface area contributed by atoms with Gasteiger partial charge in [0.25, 0.3) is 0 Å². The highest BCUT2D eigenvalue weighted by atomic mass is 19.1. The molecule has 29 heavy (non-hydrogen) atoms. The van der Waals surface area contributed by atoms with Gasteiger partial charge in [-0.3, -0.25) is 9.59 Å². The van der Waals surface area contributed by atoms with Crippen LogP contribution in [0.15, 0.2) is 18.2 Å². The Bertz CT molecular complexity index is 817. The second kappa shape index (κ2) is 7.10. The molecule has 0 aromatic heterocycles. The van der Waals surface area contributed by atoms with Crippen LogP contribution in [0, 0.1) is 24.7 Å². The maximum atomic E-state index is 15.0. The number of benzene rings is 1. The molecule has 5 atom stereocenters. The molecule has 4 saturated carbocycles. The average Bonchev–Trinajstić information content (AvgIpc) is 2.61. The van der Waals surface area contributed by atoms with Crippen molar-refractivity contribution in [3.8, 4) is 0 Å². The number of amides is 1. The van der Waals surface area contributed by atoms with Crippen molar-refractivity contribution in [3.05, 3.63) is 34.9 Å². The van der Waals surface area contributed by atoms with Crippen LogP contribution < -0.4 is 5.32 Å². The number of nitrogens with one attached hydrogen (secondary N) is 1. The number of carbonyl (C=O) groups is 2. The monoisotopic (exact) mass is 401 g/mol. The van der Waals surface area contributed by atoms with Crippen LogP contribution in [0.5, 0.6) is 0 Å². The SMILES string of the molecule is Cc1cc(CCC(=O)O)cc(C(C)(C)C(=O)N[C@H]2[C@@H]3CC4C[C@H]2C[C@](F)(C4)C3)c1. The van der Waals surface area contributed by atoms with Crippen molar-refractivity contribution in [1.82, 2.24) is 5.32 Å². The highest BCUT2D eigenvalue weighted by molar-refractivity contribution is 5.87. The summed E-state index contributed by atoms with van der Waals surface area (Å²) >= 11 is 0. The van der Waals surface area contributed by atoms with E-state index in [0.29, 0.717) is 31.6 Å². The summed E-state index contributed by atoms with van der Waals surface area (Å²) in [5, 5.41) is 12.3. The van der Waals surface area contributed by atoms with Gasteiger partial charge in [0.2, 0.25) is 5.91 Å². The summed E-state index contributed by atoms with van der Waals surface area (Å²) in [4.78, 5) is 24.2. The van der Waals surface area contributed by atoms with E-state index in [1.807, 2.05) is 39.0 Å². The number of hydrogen-bond donors (Lipinski definition) is 2. The van der Waals surface area contributed by atoms with Gasteiger partial charge >= 0.3 is 5.97 Å². The molecular weight excluding hydrogens is 369 g/mol. The van der Waals surface area contributed by atoms with Crippen molar-refractivity contribution >= 4 is 11.9 Å². The molecule has 4 aliphatic rings. The Kier molecular flexibility index (Phi) is 4.99. The Morgan fingerprint density at radius 1 is 1.17 bits per heavy atom. The van der Waals surface area contributed by atoms with E-state index in [1.165, 1.54) is 0 Å². The number of aryl methyl sites for hydroxylation is 2. The summed E-state index contributed by atoms with van der Waals surface area (Å²) in [5.74, 6) is 0.173. The summed E-state index contributed by atoms with van der Waals surface area (Å²) in [6, 6.07) is 6.04. The van der Waals surface area contributed by atoms with Crippen LogP contribution in [0.25, 0.3) is 0 Å². The molecule has 1 aromatic rings. The molecule has 0 saturated heterocycles. The number of hydrogen-bond acceptors (Lipinski definition) is 2. The third kappa shape index (κ3) is 3.93. The standard InChI is InChI=1S/C24H32FNO3/c1-14-6-15(4-5-20(27)28)10-19(7-14)23(2,3)22(29)26-21-17-8-16-9-18(21)13-24(25,11-16)12-17/h6-7,10,16-18,21H,4-5,8-9,11-13H2,1-3H3,(H,26,29)(H,27,28)/t16?,17-,18+,21+,24+. The first kappa shape index (κ1) is 20.4. The van der Waals surface area contributed by atoms with Gasteiger partial charge in [-0.1, -0.05) is 23.8 Å². The third-order valence-corrected chi connectivity index (χ3v) is 7.55. The Balaban J connectivity index is 1.50. The topological polar surface area (TPSA) is 66.4 Å². The van der Waals surface area contributed by atoms with E-state index in [2.05, 4.69) is 5.32 Å². The fourth-order valence-electron chi connectivity index (χ4n) is 6.24. The predicted molar refractivity (Wildman–Crippen MR) is 109 cm³/mol. The molecular formula is C24H32FNO3. The Hall–Kier alpha value is -1.91. The lowest BCUT2D eigenvalue weighted by atomic mass is 9.53. The third-order valence-electron chi connectivity index (χ3n) is 7.55. The summed E-state index contributed by atoms with van der Waals surface area (Å²) in [6.45, 7) is 5.82. The number of aliphatic carboxylic acids is 1. The number of alkyl halides is 1. The quantitative estimate of drug-likeness (QED) is 0.746. The van der Waals surface area contributed by atoms with Gasteiger partial charge in [0, 0.05) is 12.5 Å². The molecule has 0 heterocycles. The normalized spacial score (nSPS) is 33.0. The number of halogens is 1. The van der Waals surface area contributed by atoms with Gasteiger partial charge in [0.1, 0.15) is 5.67 Å². The smallest absolute Gasteiger partial charge is 0.303 e. The van der Waals surface area contributed by atoms with E-state index >= 15 is 0 Å². The largest absolute Gasteiger partial charge is 0.481 e. The van der Waals surface area contributed by atoms with E-state index in [4.69, 9.17) is 5.11 Å². The van der Waals surface area contributed by atoms with Crippen LogP contribution in [0.1, 0.15) is 69.1 Å². The lowest BCUT2D eigenvalue weighted by Gasteiger charge is -2.57. The van der Waals surface area contributed by atoms with E-state index in [0.717, 1.165) is 29.5 Å². The molecule has 158 valence electrons. The Morgan fingerprint density at radius 2 is 1.83 bits per heavy atom. The van der Waals surface area contributed by atoms with Crippen LogP contribution in [0.2, 0.25) is 0 Å². The van der Waals surface area contributed by atoms with Crippen LogP contribution in [-0.2, 0) is 21.4 Å². The highest BCUT2D eigenvalue weighted by Crippen LogP contribution is 2.57. The van der Waals surface area contributed by atoms with Crippen LogP contribution >= 0.6 is 0 Å². The second-order valence-corrected chi connectivity index (χ2v) is 10.3. The molecule has 4 nitrogen and oxygen atoms in total. The van der Waals surface area contributed by atoms with E-state index in [9.17, 15) is 14.0 Å². The fourth-order valence-corrected chi connectivity index (χ4v) is 6.24. The van der Waals surface area contributed by atoms with E-state index in [-0.39, 0.29) is 30.2 Å². The van der Waals surface area contributed by atoms with Gasteiger partial charge in [0.05, 0.1) is 5.41 Å². The lowest BCUT2D eigenvalue weighted by Crippen LogP contribution is -2.61. The van der Waals surface area contributed by atoms with Gasteiger partial charge in [-0.25, -0.2) is 4.39 Å². The number of carboxylic acid groups (broad SMARTS) is 1. The molecule has 4 aliphatic carbocycles. The molecule has 0 aliphatic heterocycles. The molecule has 2 N–H and O–H groups in total. The summed E-state index contributed by atoms with van der Waals surface area (Å²) in [7, 11) is 0. The van der Waals surface area contributed by atoms with Gasteiger partial charge in [-0.15, -0.1) is 0 Å². The van der Waals surface area contributed by atoms with Crippen molar-refractivity contribution in [1.29, 1.82) is 0 Å². The molecule has 0 spiro atoms. The zero-order valence-electron chi connectivity index (χ0n) is 17.6. The van der Waals surface area contributed by atoms with Crippen molar-refractivity contribution in [2.75, 3.05) is 0 Å². The first-order valence-corrected chi connectivity index (χ1v) is 10.9. The molecule has 5 heteroatoms. The zero-order chi connectivity index (χ0) is 21.0. The molecule has 4 fully saturated rings. The minimum absolute atomic E-state index is 0.0160. The van der Waals surface area contributed by atoms with Crippen LogP contribution in [-0.4, -0.2) is 28.7 Å². The van der Waals surface area contributed by atoms with Crippen molar-refractivity contribution in [3.63, 3.8) is 0 Å². The van der Waals surface area contributed by atoms with Crippen molar-refractivity contribution in [2.45, 2.75) is 82.8 Å². The minimum Gasteiger partial charge on any atom is -0.481 e. The van der Waals surface area contributed by atoms with Crippen molar-refractivity contribution in [2.24, 2.45) is 17.8 Å². The fraction of sp³-hybridized carbons (Fsp3) is 0.667. The minimum atomic E-state index is -0.997. The lowest BCUT2D eigenvalue weighted by molar-refractivity contribution is -0.137. The maximum Gasteiger partial charge on any atom is 0.303 e. The Morgan fingerprint density at radius 3 is 2.41 bits per heavy atom. The van der Waals surface area contributed by atoms with E-state index in [1.54, 1.807) is 0 Å². The van der Waals surface area contributed by atoms with Crippen molar-refractivity contribution < 1.29 is 19.1 Å². The summed E-state index contributed by atoms with van der Waals surface area (Å²) in [5.41, 5.74) is 1.14. The van der Waals surface area contributed by atoms with Crippen LogP contribution in [0.3, 0.4) is 0 Å². The van der Waals surface area contributed by atoms with Gasteiger partial charge < -0.3 is 10.4 Å². The van der Waals surface area contributed by atoms with Gasteiger partial charge in [-0.2, -0.15) is 0 Å². The van der Waals surface area contributed by atoms with Crippen LogP contribution in [0.4, 0.5) is 4.39 Å². The zero-order valence-corrected chi connectivity index (χ0v) is 17.6. The molecule has 0 radical (unpaired) electrons. The van der Waals surface area contributed by atoms with Gasteiger partial charge in [0.15, 0.2) is 0 Å². The number of carbonyl (C=O) groups excluding carboxylic acids is 1. The summed E-state index contributed by atoms with van der Waals surface area (Å²) in [6.07, 6.45) is 4.51. The number of rotatable bonds is 6.